The molecule has 3 atom stereocenters. The van der Waals surface area contributed by atoms with Crippen molar-refractivity contribution in [2.45, 2.75) is 59.3 Å². The summed E-state index contributed by atoms with van der Waals surface area (Å²) in [5.41, 5.74) is 3.20. The topological polar surface area (TPSA) is 182 Å². The highest BCUT2D eigenvalue weighted by Gasteiger charge is 2.34. The van der Waals surface area contributed by atoms with Crippen LogP contribution in [-0.4, -0.2) is 80.6 Å². The second kappa shape index (κ2) is 23.7. The number of amides is 1. The number of para-hydroxylation sites is 2. The average Bonchev–Trinajstić information content (AvgIpc) is 3.28. The fourth-order valence-electron chi connectivity index (χ4n) is 5.92. The summed E-state index contributed by atoms with van der Waals surface area (Å²) in [5, 5.41) is 5.86. The summed E-state index contributed by atoms with van der Waals surface area (Å²) >= 11 is 0. The van der Waals surface area contributed by atoms with E-state index in [2.05, 4.69) is 30.4 Å². The molecule has 0 bridgehead atoms. The quantitative estimate of drug-likeness (QED) is 0.0435. The van der Waals surface area contributed by atoms with Crippen LogP contribution < -0.4 is 10.6 Å². The van der Waals surface area contributed by atoms with Crippen LogP contribution in [0.3, 0.4) is 0 Å². The van der Waals surface area contributed by atoms with Gasteiger partial charge < -0.3 is 33.7 Å². The van der Waals surface area contributed by atoms with Crippen LogP contribution in [0.15, 0.2) is 146 Å². The Balaban J connectivity index is 1.36. The van der Waals surface area contributed by atoms with Crippen molar-refractivity contribution in [2.75, 3.05) is 37.1 Å². The van der Waals surface area contributed by atoms with Gasteiger partial charge in [-0.3, -0.25) is 10.1 Å². The van der Waals surface area contributed by atoms with Gasteiger partial charge in [0.2, 0.25) is 0 Å². The Kier molecular flexibility index (Phi) is 18.2. The monoisotopic (exact) mass is 874 g/mol. The van der Waals surface area contributed by atoms with Gasteiger partial charge in [-0.15, -0.1) is 0 Å². The van der Waals surface area contributed by atoms with Crippen molar-refractivity contribution in [3.63, 3.8) is 0 Å². The molecule has 0 saturated heterocycles. The zero-order valence-electron chi connectivity index (χ0n) is 36.7. The molecular weight excluding hydrogens is 821 g/mol. The molecule has 4 aromatic carbocycles. The fourth-order valence-corrected chi connectivity index (χ4v) is 5.92. The molecule has 0 aliphatic heterocycles. The van der Waals surface area contributed by atoms with Gasteiger partial charge in [0.15, 0.2) is 12.2 Å². The highest BCUT2D eigenvalue weighted by Crippen LogP contribution is 2.30. The molecule has 0 saturated carbocycles. The third kappa shape index (κ3) is 15.2. The van der Waals surface area contributed by atoms with Gasteiger partial charge in [0.1, 0.15) is 32.5 Å². The first-order valence-electron chi connectivity index (χ1n) is 20.4. The second-order valence-corrected chi connectivity index (χ2v) is 15.5. The van der Waals surface area contributed by atoms with E-state index in [1.165, 1.54) is 27.7 Å². The lowest BCUT2D eigenvalue weighted by Crippen LogP contribution is -2.37. The number of anilines is 2. The minimum atomic E-state index is -1.37. The van der Waals surface area contributed by atoms with Crippen LogP contribution in [0, 0.1) is 5.41 Å². The maximum atomic E-state index is 13.4. The standard InChI is InChI=1S/C50H54N2O12/c1-32(2)44(53)59-28-38(63-47(56)35(6)51-42-25-17-15-23-40(42)36-19-11-9-12-20-36)29-61-46(55)34(5)27-50(7,8)48(57)62-31-39(30-60-45(54)33(3)4)64-49(58)52-43-26-18-16-24-41(43)37-21-13-10-14-22-37/h9-26,35,38-39,51H,1,3,5,27-31H2,2,4,6-8H3,(H,52,58). The molecule has 64 heavy (non-hydrogen) atoms. The third-order valence-electron chi connectivity index (χ3n) is 9.34. The lowest BCUT2D eigenvalue weighted by Gasteiger charge is -2.25. The molecule has 336 valence electrons. The van der Waals surface area contributed by atoms with E-state index in [9.17, 15) is 28.8 Å². The Bertz CT molecular complexity index is 2320. The summed E-state index contributed by atoms with van der Waals surface area (Å²) in [6, 6.07) is 32.6. The van der Waals surface area contributed by atoms with E-state index in [1.807, 2.05) is 97.1 Å². The third-order valence-corrected chi connectivity index (χ3v) is 9.34. The van der Waals surface area contributed by atoms with Gasteiger partial charge in [-0.1, -0.05) is 117 Å². The molecule has 4 rings (SSSR count). The summed E-state index contributed by atoms with van der Waals surface area (Å²) in [5.74, 6) is -3.92. The van der Waals surface area contributed by atoms with Crippen LogP contribution in [0.4, 0.5) is 16.2 Å². The first kappa shape index (κ1) is 49.2. The van der Waals surface area contributed by atoms with Crippen molar-refractivity contribution in [1.29, 1.82) is 0 Å². The van der Waals surface area contributed by atoms with Crippen LogP contribution in [-0.2, 0) is 52.4 Å². The summed E-state index contributed by atoms with van der Waals surface area (Å²) in [7, 11) is 0. The van der Waals surface area contributed by atoms with Crippen LogP contribution in [0.1, 0.15) is 41.0 Å². The molecule has 0 aliphatic rings. The number of carbonyl (C=O) groups excluding carboxylic acids is 6. The van der Waals surface area contributed by atoms with E-state index in [4.69, 9.17) is 28.4 Å². The van der Waals surface area contributed by atoms with Crippen molar-refractivity contribution >= 4 is 47.3 Å². The molecule has 0 aromatic heterocycles. The van der Waals surface area contributed by atoms with E-state index in [0.29, 0.717) is 11.4 Å². The summed E-state index contributed by atoms with van der Waals surface area (Å²) < 4.78 is 32.6. The SMILES string of the molecule is C=C(C)C(=O)OCC(COC(=O)C(C)(C)CC(=C)C(=O)OCC(COC(=O)C(=C)C)OC(=O)C(C)Nc1ccccc1-c1ccccc1)OC(=O)Nc1ccccc1-c1ccccc1. The summed E-state index contributed by atoms with van der Waals surface area (Å²) in [4.78, 5) is 77.6. The Hall–Kier alpha value is -7.48. The minimum absolute atomic E-state index is 0.105. The number of carbonyl (C=O) groups is 6. The number of nitrogens with one attached hydrogen (secondary N) is 2. The number of hydrogen-bond donors (Lipinski definition) is 2. The predicted octanol–water partition coefficient (Wildman–Crippen LogP) is 8.65. The smallest absolute Gasteiger partial charge is 0.412 e. The molecule has 4 aromatic rings. The summed E-state index contributed by atoms with van der Waals surface area (Å²) in [6.45, 7) is 16.5. The van der Waals surface area contributed by atoms with E-state index in [0.717, 1.165) is 22.3 Å². The Labute approximate surface area is 373 Å². The molecule has 1 amide bonds. The Morgan fingerprint density at radius 3 is 1.50 bits per heavy atom. The molecule has 14 heteroatoms. The highest BCUT2D eigenvalue weighted by atomic mass is 16.6. The van der Waals surface area contributed by atoms with Crippen molar-refractivity contribution in [2.24, 2.45) is 5.41 Å². The number of esters is 5. The van der Waals surface area contributed by atoms with Crippen LogP contribution >= 0.6 is 0 Å². The molecule has 3 unspecified atom stereocenters. The fraction of sp³-hybridized carbons (Fsp3) is 0.280. The molecule has 0 fully saturated rings. The van der Waals surface area contributed by atoms with Gasteiger partial charge in [0.05, 0.1) is 11.1 Å². The van der Waals surface area contributed by atoms with Crippen molar-refractivity contribution in [3.8, 4) is 22.3 Å². The van der Waals surface area contributed by atoms with Crippen molar-refractivity contribution in [1.82, 2.24) is 0 Å². The second-order valence-electron chi connectivity index (χ2n) is 15.5. The Morgan fingerprint density at radius 1 is 0.562 bits per heavy atom. The zero-order valence-corrected chi connectivity index (χ0v) is 36.7. The van der Waals surface area contributed by atoms with Gasteiger partial charge in [0, 0.05) is 33.5 Å². The Morgan fingerprint density at radius 2 is 0.984 bits per heavy atom. The highest BCUT2D eigenvalue weighted by molar-refractivity contribution is 5.92. The average molecular weight is 875 g/mol. The summed E-state index contributed by atoms with van der Waals surface area (Å²) in [6.07, 6.45) is -3.60. The molecule has 0 aliphatic carbocycles. The zero-order chi connectivity index (χ0) is 46.8. The first-order valence-corrected chi connectivity index (χ1v) is 20.4. The van der Waals surface area contributed by atoms with Crippen molar-refractivity contribution in [3.05, 3.63) is 146 Å². The molecule has 2 N–H and O–H groups in total. The number of rotatable bonds is 22. The van der Waals surface area contributed by atoms with Gasteiger partial charge in [-0.05, 0) is 64.3 Å². The lowest BCUT2D eigenvalue weighted by atomic mass is 9.86. The maximum absolute atomic E-state index is 13.4. The number of benzene rings is 4. The van der Waals surface area contributed by atoms with Gasteiger partial charge in [-0.2, -0.15) is 0 Å². The van der Waals surface area contributed by atoms with E-state index < -0.39 is 86.0 Å². The number of hydrogen-bond acceptors (Lipinski definition) is 13. The van der Waals surface area contributed by atoms with Gasteiger partial charge in [-0.25, -0.2) is 24.0 Å². The minimum Gasteiger partial charge on any atom is -0.461 e. The van der Waals surface area contributed by atoms with Crippen LogP contribution in [0.25, 0.3) is 22.3 Å². The molecule has 0 radical (unpaired) electrons. The normalized spacial score (nSPS) is 12.2. The largest absolute Gasteiger partial charge is 0.461 e. The number of ether oxygens (including phenoxy) is 6. The van der Waals surface area contributed by atoms with Crippen LogP contribution in [0.5, 0.6) is 0 Å². The van der Waals surface area contributed by atoms with E-state index in [-0.39, 0.29) is 23.1 Å². The first-order chi connectivity index (χ1) is 30.4. The maximum Gasteiger partial charge on any atom is 0.412 e. The molecule has 0 spiro atoms. The van der Waals surface area contributed by atoms with Gasteiger partial charge >= 0.3 is 35.9 Å². The molecule has 14 nitrogen and oxygen atoms in total. The lowest BCUT2D eigenvalue weighted by molar-refractivity contribution is -0.165. The van der Waals surface area contributed by atoms with E-state index in [1.54, 1.807) is 19.1 Å². The van der Waals surface area contributed by atoms with Crippen molar-refractivity contribution < 1.29 is 57.2 Å². The van der Waals surface area contributed by atoms with E-state index >= 15 is 0 Å². The van der Waals surface area contributed by atoms with Crippen LogP contribution in [0.2, 0.25) is 0 Å². The molecular formula is C50H54N2O12. The van der Waals surface area contributed by atoms with Gasteiger partial charge in [0.25, 0.3) is 0 Å². The predicted molar refractivity (Wildman–Crippen MR) is 242 cm³/mol. The molecule has 0 heterocycles.